The Morgan fingerprint density at radius 3 is 2.52 bits per heavy atom. The normalized spacial score (nSPS) is 19.2. The molecule has 0 aromatic heterocycles. The molecule has 2 aromatic rings. The Bertz CT molecular complexity index is 950. The maximum absolute atomic E-state index is 14.1. The number of carbonyl (C=O) groups excluding carboxylic acids is 3. The maximum Gasteiger partial charge on any atom is 0.325 e. The highest BCUT2D eigenvalue weighted by molar-refractivity contribution is 6.10. The zero-order chi connectivity index (χ0) is 19.8. The fourth-order valence-corrected chi connectivity index (χ4v) is 2.80. The SMILES string of the molecule is C[C@]1(c2cc(F)ccc2F)NC(=O)N(CC(=O)Nc2ccccc2F)C1=O. The first kappa shape index (κ1) is 18.4. The highest BCUT2D eigenvalue weighted by Gasteiger charge is 2.50. The van der Waals surface area contributed by atoms with E-state index in [0.717, 1.165) is 24.3 Å². The number of hydrogen-bond acceptors (Lipinski definition) is 3. The van der Waals surface area contributed by atoms with Crippen LogP contribution in [0.4, 0.5) is 23.7 Å². The van der Waals surface area contributed by atoms with Gasteiger partial charge in [0.15, 0.2) is 0 Å². The second-order valence-corrected chi connectivity index (χ2v) is 6.10. The van der Waals surface area contributed by atoms with E-state index in [2.05, 4.69) is 10.6 Å². The van der Waals surface area contributed by atoms with Gasteiger partial charge in [-0.05, 0) is 37.3 Å². The molecule has 1 atom stereocenters. The molecule has 0 unspecified atom stereocenters. The van der Waals surface area contributed by atoms with Gasteiger partial charge >= 0.3 is 6.03 Å². The zero-order valence-electron chi connectivity index (χ0n) is 14.1. The largest absolute Gasteiger partial charge is 0.325 e. The fraction of sp³-hybridized carbons (Fsp3) is 0.167. The molecule has 3 rings (SSSR count). The van der Waals surface area contributed by atoms with Crippen LogP contribution < -0.4 is 10.6 Å². The minimum Gasteiger partial charge on any atom is -0.322 e. The molecule has 1 saturated heterocycles. The van der Waals surface area contributed by atoms with Gasteiger partial charge in [-0.1, -0.05) is 12.1 Å². The van der Waals surface area contributed by atoms with Crippen LogP contribution in [-0.4, -0.2) is 29.3 Å². The smallest absolute Gasteiger partial charge is 0.322 e. The number of nitrogens with one attached hydrogen (secondary N) is 2. The van der Waals surface area contributed by atoms with Crippen molar-refractivity contribution < 1.29 is 27.6 Å². The fourth-order valence-electron chi connectivity index (χ4n) is 2.80. The first-order valence-corrected chi connectivity index (χ1v) is 7.86. The van der Waals surface area contributed by atoms with E-state index < -0.39 is 47.4 Å². The molecule has 0 bridgehead atoms. The Hall–Kier alpha value is -3.36. The molecular formula is C18H14F3N3O3. The Labute approximate surface area is 152 Å². The van der Waals surface area contributed by atoms with Gasteiger partial charge in [0.25, 0.3) is 5.91 Å². The van der Waals surface area contributed by atoms with Gasteiger partial charge < -0.3 is 10.6 Å². The highest BCUT2D eigenvalue weighted by Crippen LogP contribution is 2.31. The summed E-state index contributed by atoms with van der Waals surface area (Å²) in [6.07, 6.45) is 0. The molecule has 1 aliphatic heterocycles. The second kappa shape index (κ2) is 6.75. The molecule has 4 amide bonds. The molecule has 2 N–H and O–H groups in total. The van der Waals surface area contributed by atoms with E-state index in [1.54, 1.807) is 0 Å². The van der Waals surface area contributed by atoms with Crippen molar-refractivity contribution in [3.8, 4) is 0 Å². The van der Waals surface area contributed by atoms with Crippen molar-refractivity contribution in [1.82, 2.24) is 10.2 Å². The Morgan fingerprint density at radius 1 is 1.11 bits per heavy atom. The van der Waals surface area contributed by atoms with Gasteiger partial charge in [0.2, 0.25) is 5.91 Å². The van der Waals surface area contributed by atoms with Crippen molar-refractivity contribution in [2.24, 2.45) is 0 Å². The van der Waals surface area contributed by atoms with Crippen LogP contribution in [0.1, 0.15) is 12.5 Å². The van der Waals surface area contributed by atoms with E-state index in [1.165, 1.54) is 25.1 Å². The summed E-state index contributed by atoms with van der Waals surface area (Å²) >= 11 is 0. The van der Waals surface area contributed by atoms with Crippen LogP contribution in [0.3, 0.4) is 0 Å². The van der Waals surface area contributed by atoms with Gasteiger partial charge in [-0.2, -0.15) is 0 Å². The van der Waals surface area contributed by atoms with Gasteiger partial charge in [-0.3, -0.25) is 14.5 Å². The number of para-hydroxylation sites is 1. The number of rotatable bonds is 4. The lowest BCUT2D eigenvalue weighted by Gasteiger charge is -2.22. The Morgan fingerprint density at radius 2 is 1.81 bits per heavy atom. The lowest BCUT2D eigenvalue weighted by molar-refractivity contribution is -0.133. The lowest BCUT2D eigenvalue weighted by Crippen LogP contribution is -2.42. The predicted octanol–water partition coefficient (Wildman–Crippen LogP) is 2.51. The van der Waals surface area contributed by atoms with E-state index >= 15 is 0 Å². The van der Waals surface area contributed by atoms with E-state index in [4.69, 9.17) is 0 Å². The molecule has 6 nitrogen and oxygen atoms in total. The average Bonchev–Trinajstić information content (AvgIpc) is 2.83. The number of urea groups is 1. The molecule has 1 aliphatic rings. The van der Waals surface area contributed by atoms with Crippen molar-refractivity contribution in [2.45, 2.75) is 12.5 Å². The third kappa shape index (κ3) is 3.35. The number of carbonyl (C=O) groups is 3. The second-order valence-electron chi connectivity index (χ2n) is 6.10. The highest BCUT2D eigenvalue weighted by atomic mass is 19.1. The third-order valence-corrected chi connectivity index (χ3v) is 4.19. The van der Waals surface area contributed by atoms with Crippen molar-refractivity contribution in [2.75, 3.05) is 11.9 Å². The number of nitrogens with zero attached hydrogens (tertiary/aromatic N) is 1. The molecule has 0 aliphatic carbocycles. The van der Waals surface area contributed by atoms with Crippen LogP contribution in [0.5, 0.6) is 0 Å². The molecule has 2 aromatic carbocycles. The van der Waals surface area contributed by atoms with E-state index in [9.17, 15) is 27.6 Å². The molecule has 9 heteroatoms. The summed E-state index contributed by atoms with van der Waals surface area (Å²) in [6.45, 7) is 0.491. The van der Waals surface area contributed by atoms with Crippen molar-refractivity contribution >= 4 is 23.5 Å². The standard InChI is InChI=1S/C18H14F3N3O3/c1-18(11-8-10(19)6-7-12(11)20)16(26)24(17(27)23-18)9-15(25)22-14-5-3-2-4-13(14)21/h2-8H,9H2,1H3,(H,22,25)(H,23,27)/t18-/m1/s1. The molecular weight excluding hydrogens is 363 g/mol. The van der Waals surface area contributed by atoms with E-state index in [-0.39, 0.29) is 11.3 Å². The molecule has 0 spiro atoms. The van der Waals surface area contributed by atoms with Crippen LogP contribution >= 0.6 is 0 Å². The number of hydrogen-bond donors (Lipinski definition) is 2. The monoisotopic (exact) mass is 377 g/mol. The summed E-state index contributed by atoms with van der Waals surface area (Å²) in [5, 5.41) is 4.52. The van der Waals surface area contributed by atoms with Crippen molar-refractivity contribution in [3.05, 3.63) is 65.5 Å². The quantitative estimate of drug-likeness (QED) is 0.804. The summed E-state index contributed by atoms with van der Waals surface area (Å²) in [6, 6.07) is 6.94. The molecule has 27 heavy (non-hydrogen) atoms. The first-order chi connectivity index (χ1) is 12.7. The number of anilines is 1. The molecule has 1 fully saturated rings. The van der Waals surface area contributed by atoms with Crippen LogP contribution in [0.15, 0.2) is 42.5 Å². The number of imide groups is 1. The first-order valence-electron chi connectivity index (χ1n) is 7.86. The average molecular weight is 377 g/mol. The molecule has 1 heterocycles. The van der Waals surface area contributed by atoms with Crippen LogP contribution in [0.2, 0.25) is 0 Å². The van der Waals surface area contributed by atoms with Gasteiger partial charge in [0.1, 0.15) is 29.5 Å². The summed E-state index contributed by atoms with van der Waals surface area (Å²) in [5.41, 5.74) is -2.35. The van der Waals surface area contributed by atoms with Gasteiger partial charge in [0, 0.05) is 5.56 Å². The molecule has 140 valence electrons. The zero-order valence-corrected chi connectivity index (χ0v) is 14.1. The van der Waals surface area contributed by atoms with Crippen LogP contribution in [0, 0.1) is 17.5 Å². The Balaban J connectivity index is 1.81. The van der Waals surface area contributed by atoms with Gasteiger partial charge in [-0.15, -0.1) is 0 Å². The van der Waals surface area contributed by atoms with E-state index in [0.29, 0.717) is 4.90 Å². The van der Waals surface area contributed by atoms with Crippen molar-refractivity contribution in [3.63, 3.8) is 0 Å². The van der Waals surface area contributed by atoms with Crippen LogP contribution in [0.25, 0.3) is 0 Å². The maximum atomic E-state index is 14.1. The summed E-state index contributed by atoms with van der Waals surface area (Å²) < 4.78 is 41.1. The minimum atomic E-state index is -1.87. The number of amides is 4. The molecule has 0 saturated carbocycles. The van der Waals surface area contributed by atoms with Gasteiger partial charge in [0.05, 0.1) is 5.69 Å². The summed E-state index contributed by atoms with van der Waals surface area (Å²) in [5.74, 6) is -4.11. The lowest BCUT2D eigenvalue weighted by atomic mass is 9.91. The number of halogens is 3. The van der Waals surface area contributed by atoms with Crippen LogP contribution in [-0.2, 0) is 15.1 Å². The van der Waals surface area contributed by atoms with Crippen molar-refractivity contribution in [1.29, 1.82) is 0 Å². The Kier molecular flexibility index (Phi) is 4.61. The summed E-state index contributed by atoms with van der Waals surface area (Å²) in [4.78, 5) is 37.5. The summed E-state index contributed by atoms with van der Waals surface area (Å²) in [7, 11) is 0. The van der Waals surface area contributed by atoms with E-state index in [1.807, 2.05) is 0 Å². The topological polar surface area (TPSA) is 78.5 Å². The minimum absolute atomic E-state index is 0.117. The third-order valence-electron chi connectivity index (χ3n) is 4.19. The molecule has 0 radical (unpaired) electrons. The predicted molar refractivity (Wildman–Crippen MR) is 89.0 cm³/mol. The number of benzene rings is 2. The van der Waals surface area contributed by atoms with Gasteiger partial charge in [-0.25, -0.2) is 18.0 Å².